The summed E-state index contributed by atoms with van der Waals surface area (Å²) in [5.41, 5.74) is 4.25. The third-order valence-electron chi connectivity index (χ3n) is 4.72. The minimum atomic E-state index is 0.335. The summed E-state index contributed by atoms with van der Waals surface area (Å²) in [6.45, 7) is 6.86. The van der Waals surface area contributed by atoms with E-state index >= 15 is 0 Å². The number of aromatic amines is 1. The van der Waals surface area contributed by atoms with Crippen LogP contribution in [0.3, 0.4) is 0 Å². The molecule has 0 aliphatic rings. The molecule has 0 fully saturated rings. The Labute approximate surface area is 149 Å². The third kappa shape index (κ3) is 4.35. The predicted octanol–water partition coefficient (Wildman–Crippen LogP) is 5.90. The van der Waals surface area contributed by atoms with Crippen LogP contribution in [0.25, 0.3) is 10.4 Å². The van der Waals surface area contributed by atoms with Crippen LogP contribution >= 0.6 is 11.3 Å². The zero-order valence-electron chi connectivity index (χ0n) is 14.8. The summed E-state index contributed by atoms with van der Waals surface area (Å²) in [5.74, 6) is 1.10. The Morgan fingerprint density at radius 1 is 1.08 bits per heavy atom. The van der Waals surface area contributed by atoms with E-state index in [-0.39, 0.29) is 0 Å². The monoisotopic (exact) mass is 338 g/mol. The normalized spacial score (nSPS) is 11.8. The highest BCUT2D eigenvalue weighted by Crippen LogP contribution is 2.26. The van der Waals surface area contributed by atoms with Gasteiger partial charge in [-0.1, -0.05) is 57.5 Å². The number of aromatic nitrogens is 2. The predicted molar refractivity (Wildman–Crippen MR) is 104 cm³/mol. The Balaban J connectivity index is 1.57. The number of benzene rings is 1. The lowest BCUT2D eigenvalue weighted by Crippen LogP contribution is -2.13. The van der Waals surface area contributed by atoms with Crippen LogP contribution < -0.4 is 0 Å². The molecule has 0 spiro atoms. The fourth-order valence-corrected chi connectivity index (χ4v) is 3.54. The lowest BCUT2D eigenvalue weighted by Gasteiger charge is -2.21. The van der Waals surface area contributed by atoms with E-state index in [9.17, 15) is 0 Å². The van der Waals surface area contributed by atoms with Crippen molar-refractivity contribution >= 4 is 11.3 Å². The van der Waals surface area contributed by atoms with Gasteiger partial charge in [0.25, 0.3) is 0 Å². The molecule has 2 nitrogen and oxygen atoms in total. The molecular formula is C21H26N2S. The van der Waals surface area contributed by atoms with E-state index in [0.717, 1.165) is 25.1 Å². The number of thiophene rings is 1. The molecule has 0 atom stereocenters. The Morgan fingerprint density at radius 2 is 1.88 bits per heavy atom. The van der Waals surface area contributed by atoms with Crippen molar-refractivity contribution in [1.82, 2.24) is 9.97 Å². The zero-order chi connectivity index (χ0) is 17.0. The first-order valence-electron chi connectivity index (χ1n) is 8.71. The lowest BCUT2D eigenvalue weighted by atomic mass is 9.85. The summed E-state index contributed by atoms with van der Waals surface area (Å²) in [6, 6.07) is 13.2. The molecule has 0 saturated carbocycles. The first kappa shape index (κ1) is 17.0. The highest BCUT2D eigenvalue weighted by molar-refractivity contribution is 7.13. The summed E-state index contributed by atoms with van der Waals surface area (Å²) in [7, 11) is 0. The number of nitrogens with zero attached hydrogens (tertiary/aromatic N) is 1. The molecule has 3 rings (SSSR count). The van der Waals surface area contributed by atoms with Crippen molar-refractivity contribution in [3.05, 3.63) is 65.1 Å². The van der Waals surface area contributed by atoms with Gasteiger partial charge in [-0.05, 0) is 40.8 Å². The van der Waals surface area contributed by atoms with E-state index in [2.05, 4.69) is 72.5 Å². The molecule has 1 N–H and O–H groups in total. The van der Waals surface area contributed by atoms with Gasteiger partial charge in [0.05, 0.1) is 0 Å². The zero-order valence-corrected chi connectivity index (χ0v) is 15.6. The number of aryl methyl sites for hydroxylation is 2. The molecule has 2 heterocycles. The first-order chi connectivity index (χ1) is 11.6. The van der Waals surface area contributed by atoms with Gasteiger partial charge in [0.15, 0.2) is 0 Å². The minimum Gasteiger partial charge on any atom is -0.346 e. The summed E-state index contributed by atoms with van der Waals surface area (Å²) in [6.07, 6.45) is 6.23. The van der Waals surface area contributed by atoms with Crippen molar-refractivity contribution in [1.29, 1.82) is 0 Å². The molecule has 24 heavy (non-hydrogen) atoms. The second-order valence-electron chi connectivity index (χ2n) is 7.22. The van der Waals surface area contributed by atoms with Crippen LogP contribution in [-0.4, -0.2) is 9.97 Å². The Morgan fingerprint density at radius 3 is 2.54 bits per heavy atom. The topological polar surface area (TPSA) is 28.7 Å². The minimum absolute atomic E-state index is 0.335. The highest BCUT2D eigenvalue weighted by atomic mass is 32.1. The van der Waals surface area contributed by atoms with Crippen molar-refractivity contribution in [2.45, 2.75) is 46.5 Å². The van der Waals surface area contributed by atoms with Crippen LogP contribution in [0, 0.1) is 5.41 Å². The Hall–Kier alpha value is -1.87. The second-order valence-corrected chi connectivity index (χ2v) is 8.17. The second kappa shape index (κ2) is 7.35. The quantitative estimate of drug-likeness (QED) is 0.570. The van der Waals surface area contributed by atoms with E-state index < -0.39 is 0 Å². The molecule has 0 saturated heterocycles. The first-order valence-corrected chi connectivity index (χ1v) is 9.59. The van der Waals surface area contributed by atoms with Crippen LogP contribution in [0.2, 0.25) is 0 Å². The molecule has 2 aromatic heterocycles. The number of H-pyrrole nitrogens is 1. The van der Waals surface area contributed by atoms with Gasteiger partial charge >= 0.3 is 0 Å². The SMILES string of the molecule is CCC(C)(C)Cc1cnc(CCc2ccc(-c3cccs3)cc2)[nH]1. The van der Waals surface area contributed by atoms with E-state index in [4.69, 9.17) is 0 Å². The smallest absolute Gasteiger partial charge is 0.106 e. The molecule has 0 unspecified atom stereocenters. The summed E-state index contributed by atoms with van der Waals surface area (Å²) in [5, 5.41) is 2.12. The number of nitrogens with one attached hydrogen (secondary N) is 1. The standard InChI is InChI=1S/C21H26N2S/c1-4-21(2,3)14-18-15-22-20(23-18)12-9-16-7-10-17(11-8-16)19-6-5-13-24-19/h5-8,10-11,13,15H,4,9,12,14H2,1-3H3,(H,22,23). The van der Waals surface area contributed by atoms with E-state index in [1.54, 1.807) is 11.3 Å². The summed E-state index contributed by atoms with van der Waals surface area (Å²) in [4.78, 5) is 9.38. The highest BCUT2D eigenvalue weighted by Gasteiger charge is 2.17. The van der Waals surface area contributed by atoms with Crippen LogP contribution in [0.15, 0.2) is 48.0 Å². The number of hydrogen-bond donors (Lipinski definition) is 1. The van der Waals surface area contributed by atoms with E-state index in [1.807, 2.05) is 6.20 Å². The van der Waals surface area contributed by atoms with Gasteiger partial charge in [0.2, 0.25) is 0 Å². The molecule has 0 bridgehead atoms. The van der Waals surface area contributed by atoms with Crippen LogP contribution in [0.1, 0.15) is 44.3 Å². The maximum absolute atomic E-state index is 4.55. The number of hydrogen-bond acceptors (Lipinski definition) is 2. The van der Waals surface area contributed by atoms with Gasteiger partial charge in [-0.15, -0.1) is 11.3 Å². The van der Waals surface area contributed by atoms with Crippen molar-refractivity contribution < 1.29 is 0 Å². The molecule has 0 amide bonds. The largest absolute Gasteiger partial charge is 0.346 e. The molecule has 0 radical (unpaired) electrons. The summed E-state index contributed by atoms with van der Waals surface area (Å²) >= 11 is 1.79. The fraction of sp³-hybridized carbons (Fsp3) is 0.381. The maximum atomic E-state index is 4.55. The van der Waals surface area contributed by atoms with Crippen LogP contribution in [0.4, 0.5) is 0 Å². The van der Waals surface area contributed by atoms with Crippen molar-refractivity contribution in [2.24, 2.45) is 5.41 Å². The Kier molecular flexibility index (Phi) is 5.20. The summed E-state index contributed by atoms with van der Waals surface area (Å²) < 4.78 is 0. The fourth-order valence-electron chi connectivity index (χ4n) is 2.80. The van der Waals surface area contributed by atoms with Crippen LogP contribution in [0.5, 0.6) is 0 Å². The molecule has 0 aliphatic carbocycles. The van der Waals surface area contributed by atoms with Gasteiger partial charge < -0.3 is 4.98 Å². The average molecular weight is 339 g/mol. The molecule has 3 heteroatoms. The molecule has 3 aromatic rings. The van der Waals surface area contributed by atoms with Crippen molar-refractivity contribution in [3.63, 3.8) is 0 Å². The molecule has 126 valence electrons. The maximum Gasteiger partial charge on any atom is 0.106 e. The van der Waals surface area contributed by atoms with Crippen LogP contribution in [-0.2, 0) is 19.3 Å². The molecular weight excluding hydrogens is 312 g/mol. The molecule has 1 aromatic carbocycles. The van der Waals surface area contributed by atoms with Crippen molar-refractivity contribution in [2.75, 3.05) is 0 Å². The van der Waals surface area contributed by atoms with E-state index in [1.165, 1.54) is 28.1 Å². The molecule has 0 aliphatic heterocycles. The average Bonchev–Trinajstić information content (AvgIpc) is 3.25. The Bertz CT molecular complexity index is 752. The van der Waals surface area contributed by atoms with Gasteiger partial charge in [-0.3, -0.25) is 0 Å². The van der Waals surface area contributed by atoms with E-state index in [0.29, 0.717) is 5.41 Å². The number of rotatable bonds is 7. The van der Waals surface area contributed by atoms with Crippen molar-refractivity contribution in [3.8, 4) is 10.4 Å². The number of imidazole rings is 1. The lowest BCUT2D eigenvalue weighted by molar-refractivity contribution is 0.346. The van der Waals surface area contributed by atoms with Gasteiger partial charge in [-0.25, -0.2) is 4.98 Å². The van der Waals surface area contributed by atoms with Gasteiger partial charge in [0, 0.05) is 23.2 Å². The van der Waals surface area contributed by atoms with Gasteiger partial charge in [0.1, 0.15) is 5.82 Å². The third-order valence-corrected chi connectivity index (χ3v) is 5.64. The van der Waals surface area contributed by atoms with Gasteiger partial charge in [-0.2, -0.15) is 0 Å².